The van der Waals surface area contributed by atoms with Crippen LogP contribution in [0.4, 0.5) is 4.39 Å². The molecule has 0 radical (unpaired) electrons. The van der Waals surface area contributed by atoms with Crippen molar-refractivity contribution in [1.82, 2.24) is 14.9 Å². The van der Waals surface area contributed by atoms with Crippen LogP contribution in [0.25, 0.3) is 10.9 Å². The SMILES string of the molecule is CC(Sc1nc2ccccc2c(=O)n1Cc1ccccc1)C(=O)NCc1ccc(F)cc1. The Morgan fingerprint density at radius 1 is 1.00 bits per heavy atom. The predicted octanol–water partition coefficient (Wildman–Crippen LogP) is 4.38. The molecular weight excluding hydrogens is 425 g/mol. The number of fused-ring (bicyclic) bond motifs is 1. The highest BCUT2D eigenvalue weighted by Crippen LogP contribution is 2.23. The molecule has 1 unspecified atom stereocenters. The lowest BCUT2D eigenvalue weighted by molar-refractivity contribution is -0.120. The summed E-state index contributed by atoms with van der Waals surface area (Å²) in [6, 6.07) is 22.9. The molecule has 1 atom stereocenters. The van der Waals surface area contributed by atoms with Gasteiger partial charge in [-0.3, -0.25) is 14.2 Å². The number of rotatable bonds is 7. The fraction of sp³-hybridized carbons (Fsp3) is 0.160. The summed E-state index contributed by atoms with van der Waals surface area (Å²) in [5.41, 5.74) is 2.24. The van der Waals surface area contributed by atoms with Crippen LogP contribution in [0.15, 0.2) is 88.8 Å². The van der Waals surface area contributed by atoms with Gasteiger partial charge in [0.05, 0.1) is 22.7 Å². The minimum atomic E-state index is -0.481. The van der Waals surface area contributed by atoms with Gasteiger partial charge in [0.2, 0.25) is 5.91 Å². The lowest BCUT2D eigenvalue weighted by Crippen LogP contribution is -2.31. The lowest BCUT2D eigenvalue weighted by Gasteiger charge is -2.16. The van der Waals surface area contributed by atoms with Gasteiger partial charge in [-0.15, -0.1) is 0 Å². The smallest absolute Gasteiger partial charge is 0.262 e. The molecule has 0 aliphatic heterocycles. The lowest BCUT2D eigenvalue weighted by atomic mass is 10.2. The molecule has 3 aromatic carbocycles. The summed E-state index contributed by atoms with van der Waals surface area (Å²) < 4.78 is 14.7. The molecule has 1 N–H and O–H groups in total. The molecule has 4 aromatic rings. The number of carbonyl (C=O) groups excluding carboxylic acids is 1. The van der Waals surface area contributed by atoms with Crippen LogP contribution >= 0.6 is 11.8 Å². The molecule has 162 valence electrons. The van der Waals surface area contributed by atoms with Gasteiger partial charge in [0.25, 0.3) is 5.56 Å². The van der Waals surface area contributed by atoms with E-state index in [1.54, 1.807) is 35.8 Å². The zero-order valence-electron chi connectivity index (χ0n) is 17.5. The fourth-order valence-corrected chi connectivity index (χ4v) is 4.22. The first-order valence-corrected chi connectivity index (χ1v) is 11.1. The van der Waals surface area contributed by atoms with E-state index in [2.05, 4.69) is 10.3 Å². The van der Waals surface area contributed by atoms with Crippen molar-refractivity contribution in [2.45, 2.75) is 30.4 Å². The summed E-state index contributed by atoms with van der Waals surface area (Å²) in [4.78, 5) is 30.6. The summed E-state index contributed by atoms with van der Waals surface area (Å²) >= 11 is 1.24. The highest BCUT2D eigenvalue weighted by atomic mass is 32.2. The maximum absolute atomic E-state index is 13.2. The monoisotopic (exact) mass is 447 g/mol. The van der Waals surface area contributed by atoms with Gasteiger partial charge in [0.15, 0.2) is 5.16 Å². The summed E-state index contributed by atoms with van der Waals surface area (Å²) in [5, 5.41) is 3.41. The Hall–Kier alpha value is -3.45. The summed E-state index contributed by atoms with van der Waals surface area (Å²) in [6.07, 6.45) is 0. The first-order chi connectivity index (χ1) is 15.5. The molecule has 1 amide bonds. The van der Waals surface area contributed by atoms with E-state index in [9.17, 15) is 14.0 Å². The topological polar surface area (TPSA) is 64.0 Å². The first-order valence-electron chi connectivity index (χ1n) is 10.2. The van der Waals surface area contributed by atoms with Crippen LogP contribution in [-0.4, -0.2) is 20.7 Å². The highest BCUT2D eigenvalue weighted by molar-refractivity contribution is 8.00. The Morgan fingerprint density at radius 2 is 1.69 bits per heavy atom. The molecule has 4 rings (SSSR count). The first kappa shape index (κ1) is 21.8. The molecular formula is C25H22FN3O2S. The molecule has 5 nitrogen and oxygen atoms in total. The largest absolute Gasteiger partial charge is 0.351 e. The Balaban J connectivity index is 1.57. The Kier molecular flexibility index (Phi) is 6.66. The van der Waals surface area contributed by atoms with Crippen molar-refractivity contribution >= 4 is 28.6 Å². The van der Waals surface area contributed by atoms with Crippen molar-refractivity contribution in [1.29, 1.82) is 0 Å². The van der Waals surface area contributed by atoms with Gasteiger partial charge in [-0.05, 0) is 42.3 Å². The number of nitrogens with zero attached hydrogens (tertiary/aromatic N) is 2. The molecule has 0 fully saturated rings. The summed E-state index contributed by atoms with van der Waals surface area (Å²) in [5.74, 6) is -0.504. The molecule has 7 heteroatoms. The van der Waals surface area contributed by atoms with Gasteiger partial charge < -0.3 is 5.32 Å². The normalized spacial score (nSPS) is 11.9. The Bertz CT molecular complexity index is 1290. The molecule has 0 aliphatic rings. The maximum Gasteiger partial charge on any atom is 0.262 e. The molecule has 0 saturated carbocycles. The van der Waals surface area contributed by atoms with Gasteiger partial charge in [-0.25, -0.2) is 9.37 Å². The predicted molar refractivity (Wildman–Crippen MR) is 125 cm³/mol. The van der Waals surface area contributed by atoms with E-state index in [1.165, 1.54) is 23.9 Å². The molecule has 1 aromatic heterocycles. The Labute approximate surface area is 189 Å². The number of carbonyl (C=O) groups is 1. The molecule has 0 spiro atoms. The van der Waals surface area contributed by atoms with E-state index in [4.69, 9.17) is 0 Å². The molecule has 0 saturated heterocycles. The second-order valence-corrected chi connectivity index (χ2v) is 8.70. The van der Waals surface area contributed by atoms with Gasteiger partial charge in [-0.2, -0.15) is 0 Å². The van der Waals surface area contributed by atoms with Gasteiger partial charge >= 0.3 is 0 Å². The highest BCUT2D eigenvalue weighted by Gasteiger charge is 2.19. The molecule has 1 heterocycles. The van der Waals surface area contributed by atoms with Crippen molar-refractivity contribution in [3.05, 3.63) is 106 Å². The minimum absolute atomic E-state index is 0.138. The number of hydrogen-bond acceptors (Lipinski definition) is 4. The maximum atomic E-state index is 13.2. The minimum Gasteiger partial charge on any atom is -0.351 e. The summed E-state index contributed by atoms with van der Waals surface area (Å²) in [6.45, 7) is 2.44. The molecule has 0 aliphatic carbocycles. The molecule has 0 bridgehead atoms. The van der Waals surface area contributed by atoms with Crippen LogP contribution in [0, 0.1) is 5.82 Å². The number of thioether (sulfide) groups is 1. The van der Waals surface area contributed by atoms with E-state index in [0.717, 1.165) is 11.1 Å². The van der Waals surface area contributed by atoms with Gasteiger partial charge in [-0.1, -0.05) is 66.4 Å². The quantitative estimate of drug-likeness (QED) is 0.337. The number of halogens is 1. The van der Waals surface area contributed by atoms with E-state index in [0.29, 0.717) is 29.1 Å². The average molecular weight is 448 g/mol. The van der Waals surface area contributed by atoms with E-state index >= 15 is 0 Å². The van der Waals surface area contributed by atoms with E-state index in [1.807, 2.05) is 42.5 Å². The zero-order chi connectivity index (χ0) is 22.5. The number of aromatic nitrogens is 2. The van der Waals surface area contributed by atoms with Crippen LogP contribution in [0.3, 0.4) is 0 Å². The number of hydrogen-bond donors (Lipinski definition) is 1. The molecule has 32 heavy (non-hydrogen) atoms. The van der Waals surface area contributed by atoms with Crippen LogP contribution in [-0.2, 0) is 17.9 Å². The van der Waals surface area contributed by atoms with Crippen molar-refractivity contribution in [2.75, 3.05) is 0 Å². The van der Waals surface area contributed by atoms with Gasteiger partial charge in [0, 0.05) is 6.54 Å². The fourth-order valence-electron chi connectivity index (χ4n) is 3.29. The second-order valence-electron chi connectivity index (χ2n) is 7.39. The third-order valence-corrected chi connectivity index (χ3v) is 6.13. The van der Waals surface area contributed by atoms with E-state index in [-0.39, 0.29) is 17.3 Å². The van der Waals surface area contributed by atoms with Crippen molar-refractivity contribution < 1.29 is 9.18 Å². The second kappa shape index (κ2) is 9.78. The Morgan fingerprint density at radius 3 is 2.44 bits per heavy atom. The van der Waals surface area contributed by atoms with Crippen LogP contribution in [0.2, 0.25) is 0 Å². The summed E-state index contributed by atoms with van der Waals surface area (Å²) in [7, 11) is 0. The zero-order valence-corrected chi connectivity index (χ0v) is 18.3. The average Bonchev–Trinajstić information content (AvgIpc) is 2.81. The van der Waals surface area contributed by atoms with Crippen LogP contribution in [0.1, 0.15) is 18.1 Å². The van der Waals surface area contributed by atoms with E-state index < -0.39 is 5.25 Å². The number of nitrogens with one attached hydrogen (secondary N) is 1. The van der Waals surface area contributed by atoms with Crippen molar-refractivity contribution in [3.8, 4) is 0 Å². The van der Waals surface area contributed by atoms with Crippen molar-refractivity contribution in [3.63, 3.8) is 0 Å². The number of benzene rings is 3. The number of amides is 1. The van der Waals surface area contributed by atoms with Crippen LogP contribution in [0.5, 0.6) is 0 Å². The van der Waals surface area contributed by atoms with Crippen molar-refractivity contribution in [2.24, 2.45) is 0 Å². The third kappa shape index (κ3) is 5.06. The number of para-hydroxylation sites is 1. The van der Waals surface area contributed by atoms with Gasteiger partial charge in [0.1, 0.15) is 5.82 Å². The van der Waals surface area contributed by atoms with Crippen LogP contribution < -0.4 is 10.9 Å². The standard InChI is InChI=1S/C25H22FN3O2S/c1-17(23(30)27-15-18-11-13-20(26)14-12-18)32-25-28-22-10-6-5-9-21(22)24(31)29(25)16-19-7-3-2-4-8-19/h2-14,17H,15-16H2,1H3,(H,27,30). The third-order valence-electron chi connectivity index (χ3n) is 5.04.